The first-order valence-corrected chi connectivity index (χ1v) is 4.76. The van der Waals surface area contributed by atoms with Gasteiger partial charge in [-0.1, -0.05) is 19.1 Å². The lowest BCUT2D eigenvalue weighted by Crippen LogP contribution is -2.08. The largest absolute Gasteiger partial charge is 0.494 e. The third kappa shape index (κ3) is 2.74. The van der Waals surface area contributed by atoms with Crippen LogP contribution in [0.1, 0.15) is 31.9 Å². The van der Waals surface area contributed by atoms with Crippen LogP contribution in [-0.2, 0) is 0 Å². The predicted molar refractivity (Wildman–Crippen MR) is 54.8 cm³/mol. The molecule has 0 amide bonds. The molecule has 1 aromatic rings. The quantitative estimate of drug-likeness (QED) is 0.770. The van der Waals surface area contributed by atoms with Crippen molar-refractivity contribution in [3.8, 4) is 5.75 Å². The number of hydrogen-bond donors (Lipinski definition) is 1. The maximum atomic E-state index is 5.90. The van der Waals surface area contributed by atoms with Crippen LogP contribution >= 0.6 is 0 Å². The van der Waals surface area contributed by atoms with Gasteiger partial charge in [-0.15, -0.1) is 0 Å². The number of ether oxygens (including phenoxy) is 1. The van der Waals surface area contributed by atoms with Crippen molar-refractivity contribution < 1.29 is 4.74 Å². The van der Waals surface area contributed by atoms with Gasteiger partial charge in [-0.2, -0.15) is 0 Å². The van der Waals surface area contributed by atoms with Gasteiger partial charge in [-0.05, 0) is 31.0 Å². The summed E-state index contributed by atoms with van der Waals surface area (Å²) in [4.78, 5) is 0. The van der Waals surface area contributed by atoms with Crippen molar-refractivity contribution in [1.82, 2.24) is 0 Å². The molecular formula is C11H17NO. The Morgan fingerprint density at radius 1 is 1.38 bits per heavy atom. The van der Waals surface area contributed by atoms with Crippen molar-refractivity contribution in [2.24, 2.45) is 5.73 Å². The van der Waals surface area contributed by atoms with E-state index >= 15 is 0 Å². The van der Waals surface area contributed by atoms with E-state index < -0.39 is 0 Å². The minimum absolute atomic E-state index is 0.125. The van der Waals surface area contributed by atoms with Crippen molar-refractivity contribution in [2.75, 3.05) is 6.61 Å². The zero-order valence-electron chi connectivity index (χ0n) is 8.29. The summed E-state index contributed by atoms with van der Waals surface area (Å²) in [6.07, 6.45) is 0.954. The molecule has 0 heterocycles. The topological polar surface area (TPSA) is 35.2 Å². The normalized spacial score (nSPS) is 12.5. The Bertz CT molecular complexity index is 260. The van der Waals surface area contributed by atoms with Gasteiger partial charge >= 0.3 is 0 Å². The highest BCUT2D eigenvalue weighted by Gasteiger charge is 2.03. The third-order valence-corrected chi connectivity index (χ3v) is 2.04. The van der Waals surface area contributed by atoms with Crippen LogP contribution in [0.4, 0.5) is 0 Å². The second-order valence-corrected chi connectivity index (χ2v) is 3.02. The number of benzene rings is 1. The Balaban J connectivity index is 2.78. The Kier molecular flexibility index (Phi) is 3.77. The Morgan fingerprint density at radius 2 is 2.15 bits per heavy atom. The molecule has 13 heavy (non-hydrogen) atoms. The first-order chi connectivity index (χ1) is 6.27. The lowest BCUT2D eigenvalue weighted by molar-refractivity contribution is 0.339. The molecule has 0 bridgehead atoms. The molecule has 0 saturated heterocycles. The molecule has 0 saturated carbocycles. The Morgan fingerprint density at radius 3 is 2.77 bits per heavy atom. The first kappa shape index (κ1) is 10.1. The molecule has 0 unspecified atom stereocenters. The monoisotopic (exact) mass is 179 g/mol. The van der Waals surface area contributed by atoms with Gasteiger partial charge in [0.15, 0.2) is 0 Å². The van der Waals surface area contributed by atoms with Crippen molar-refractivity contribution in [3.63, 3.8) is 0 Å². The molecule has 2 heteroatoms. The molecule has 0 aliphatic rings. The van der Waals surface area contributed by atoms with E-state index in [2.05, 4.69) is 6.92 Å². The molecule has 1 aromatic carbocycles. The maximum Gasteiger partial charge on any atom is 0.119 e. The highest BCUT2D eigenvalue weighted by Crippen LogP contribution is 2.19. The van der Waals surface area contributed by atoms with Crippen LogP contribution < -0.4 is 10.5 Å². The second kappa shape index (κ2) is 4.87. The first-order valence-electron chi connectivity index (χ1n) is 4.76. The van der Waals surface area contributed by atoms with Crippen LogP contribution in [0.3, 0.4) is 0 Å². The van der Waals surface area contributed by atoms with E-state index in [1.807, 2.05) is 31.2 Å². The van der Waals surface area contributed by atoms with E-state index in [4.69, 9.17) is 10.5 Å². The van der Waals surface area contributed by atoms with E-state index in [0.29, 0.717) is 6.61 Å². The van der Waals surface area contributed by atoms with E-state index in [9.17, 15) is 0 Å². The molecule has 0 fully saturated rings. The van der Waals surface area contributed by atoms with Crippen LogP contribution in [0.5, 0.6) is 5.75 Å². The van der Waals surface area contributed by atoms with E-state index in [1.165, 1.54) is 0 Å². The number of rotatable bonds is 4. The molecule has 1 rings (SSSR count). The lowest BCUT2D eigenvalue weighted by Gasteiger charge is -2.10. The molecule has 72 valence electrons. The van der Waals surface area contributed by atoms with Gasteiger partial charge in [0.05, 0.1) is 6.61 Å². The van der Waals surface area contributed by atoms with Crippen LogP contribution in [0.25, 0.3) is 0 Å². The maximum absolute atomic E-state index is 5.90. The molecule has 2 N–H and O–H groups in total. The van der Waals surface area contributed by atoms with E-state index in [1.54, 1.807) is 0 Å². The average Bonchev–Trinajstić information content (AvgIpc) is 2.18. The summed E-state index contributed by atoms with van der Waals surface area (Å²) in [6, 6.07) is 8.11. The van der Waals surface area contributed by atoms with Crippen molar-refractivity contribution in [3.05, 3.63) is 29.8 Å². The highest BCUT2D eigenvalue weighted by atomic mass is 16.5. The van der Waals surface area contributed by atoms with Crippen molar-refractivity contribution >= 4 is 0 Å². The molecule has 2 nitrogen and oxygen atoms in total. The smallest absolute Gasteiger partial charge is 0.119 e. The summed E-state index contributed by atoms with van der Waals surface area (Å²) in [7, 11) is 0. The number of hydrogen-bond acceptors (Lipinski definition) is 2. The molecule has 0 radical (unpaired) electrons. The molecule has 0 spiro atoms. The highest BCUT2D eigenvalue weighted by molar-refractivity contribution is 5.30. The summed E-state index contributed by atoms with van der Waals surface area (Å²) in [6.45, 7) is 4.76. The van der Waals surface area contributed by atoms with Crippen molar-refractivity contribution in [2.45, 2.75) is 26.3 Å². The van der Waals surface area contributed by atoms with Gasteiger partial charge in [0.1, 0.15) is 5.75 Å². The van der Waals surface area contributed by atoms with E-state index in [0.717, 1.165) is 17.7 Å². The van der Waals surface area contributed by atoms with Crippen LogP contribution in [0, 0.1) is 0 Å². The average molecular weight is 179 g/mol. The predicted octanol–water partition coefficient (Wildman–Crippen LogP) is 2.50. The molecule has 0 aliphatic carbocycles. The minimum Gasteiger partial charge on any atom is -0.494 e. The number of nitrogens with two attached hydrogens (primary N) is 1. The van der Waals surface area contributed by atoms with E-state index in [-0.39, 0.29) is 6.04 Å². The van der Waals surface area contributed by atoms with Gasteiger partial charge in [0.25, 0.3) is 0 Å². The van der Waals surface area contributed by atoms with Crippen LogP contribution in [0.2, 0.25) is 0 Å². The van der Waals surface area contributed by atoms with Gasteiger partial charge in [0.2, 0.25) is 0 Å². The zero-order chi connectivity index (χ0) is 9.68. The minimum atomic E-state index is 0.125. The van der Waals surface area contributed by atoms with Crippen LogP contribution in [-0.4, -0.2) is 6.61 Å². The van der Waals surface area contributed by atoms with Gasteiger partial charge in [0, 0.05) is 6.04 Å². The molecule has 0 aliphatic heterocycles. The summed E-state index contributed by atoms with van der Waals surface area (Å²) in [5, 5.41) is 0. The van der Waals surface area contributed by atoms with Crippen LogP contribution in [0.15, 0.2) is 24.3 Å². The fourth-order valence-electron chi connectivity index (χ4n) is 1.24. The standard InChI is InChI=1S/C11H17NO/c1-3-11(12)9-6-5-7-10(8-9)13-4-2/h5-8,11H,3-4,12H2,1-2H3/t11-/m0/s1. The molecular weight excluding hydrogens is 162 g/mol. The van der Waals surface area contributed by atoms with Gasteiger partial charge in [-0.25, -0.2) is 0 Å². The summed E-state index contributed by atoms with van der Waals surface area (Å²) >= 11 is 0. The fraction of sp³-hybridized carbons (Fsp3) is 0.455. The Hall–Kier alpha value is -1.02. The fourth-order valence-corrected chi connectivity index (χ4v) is 1.24. The SMILES string of the molecule is CCOc1cccc([C@@H](N)CC)c1. The van der Waals surface area contributed by atoms with Crippen molar-refractivity contribution in [1.29, 1.82) is 0 Å². The van der Waals surface area contributed by atoms with Gasteiger partial charge in [-0.3, -0.25) is 0 Å². The summed E-state index contributed by atoms with van der Waals surface area (Å²) in [5.41, 5.74) is 7.05. The Labute approximate surface area is 79.7 Å². The molecule has 0 aromatic heterocycles. The summed E-state index contributed by atoms with van der Waals surface area (Å²) < 4.78 is 5.39. The second-order valence-electron chi connectivity index (χ2n) is 3.02. The van der Waals surface area contributed by atoms with Gasteiger partial charge < -0.3 is 10.5 Å². The zero-order valence-corrected chi connectivity index (χ0v) is 8.29. The third-order valence-electron chi connectivity index (χ3n) is 2.04. The molecule has 1 atom stereocenters. The summed E-state index contributed by atoms with van der Waals surface area (Å²) in [5.74, 6) is 0.906. The lowest BCUT2D eigenvalue weighted by atomic mass is 10.1.